The molecule has 0 fully saturated rings. The van der Waals surface area contributed by atoms with Crippen molar-refractivity contribution >= 4 is 29.1 Å². The lowest BCUT2D eigenvalue weighted by Crippen LogP contribution is -2.04. The summed E-state index contributed by atoms with van der Waals surface area (Å²) in [5, 5.41) is 0.572. The molecule has 4 heteroatoms. The Balaban J connectivity index is 3.01. The summed E-state index contributed by atoms with van der Waals surface area (Å²) in [6.07, 6.45) is 1.89. The van der Waals surface area contributed by atoms with Crippen molar-refractivity contribution in [3.05, 3.63) is 28.8 Å². The molecule has 0 saturated heterocycles. The molecule has 0 aromatic heterocycles. The Kier molecular flexibility index (Phi) is 4.29. The van der Waals surface area contributed by atoms with Crippen LogP contribution in [0.2, 0.25) is 5.02 Å². The van der Waals surface area contributed by atoms with Crippen molar-refractivity contribution in [3.63, 3.8) is 0 Å². The van der Waals surface area contributed by atoms with Gasteiger partial charge in [-0.15, -0.1) is 0 Å². The molecule has 0 aliphatic carbocycles. The van der Waals surface area contributed by atoms with E-state index in [9.17, 15) is 4.79 Å². The van der Waals surface area contributed by atoms with Crippen molar-refractivity contribution in [3.8, 4) is 5.75 Å². The smallest absolute Gasteiger partial charge is 0.176 e. The number of halogens is 1. The number of rotatable bonds is 4. The molecule has 0 atom stereocenters. The summed E-state index contributed by atoms with van der Waals surface area (Å²) in [7, 11) is 1.53. The first-order chi connectivity index (χ1) is 6.69. The number of Topliss-reactive ketones (excluding diaryl/α,β-unsaturated/α-hetero) is 1. The number of carbonyl (C=O) groups excluding carboxylic acids is 1. The Hall–Kier alpha value is -0.670. The minimum Gasteiger partial charge on any atom is -0.496 e. The maximum absolute atomic E-state index is 11.6. The molecule has 0 aliphatic heterocycles. The van der Waals surface area contributed by atoms with Gasteiger partial charge in [0.15, 0.2) is 5.78 Å². The van der Waals surface area contributed by atoms with Gasteiger partial charge in [0.2, 0.25) is 0 Å². The topological polar surface area (TPSA) is 26.3 Å². The van der Waals surface area contributed by atoms with Gasteiger partial charge in [-0.2, -0.15) is 11.8 Å². The van der Waals surface area contributed by atoms with Gasteiger partial charge in [-0.05, 0) is 24.5 Å². The van der Waals surface area contributed by atoms with Crippen LogP contribution >= 0.6 is 23.4 Å². The molecule has 0 bridgehead atoms. The van der Waals surface area contributed by atoms with E-state index >= 15 is 0 Å². The highest BCUT2D eigenvalue weighted by molar-refractivity contribution is 7.99. The predicted molar refractivity (Wildman–Crippen MR) is 60.7 cm³/mol. The highest BCUT2D eigenvalue weighted by Gasteiger charge is 2.11. The Morgan fingerprint density at radius 2 is 2.29 bits per heavy atom. The Morgan fingerprint density at radius 1 is 1.57 bits per heavy atom. The quantitative estimate of drug-likeness (QED) is 0.744. The maximum Gasteiger partial charge on any atom is 0.176 e. The number of hydrogen-bond acceptors (Lipinski definition) is 3. The zero-order valence-electron chi connectivity index (χ0n) is 8.04. The van der Waals surface area contributed by atoms with Crippen LogP contribution in [0, 0.1) is 0 Å². The lowest BCUT2D eigenvalue weighted by Gasteiger charge is -2.06. The molecule has 0 aliphatic rings. The van der Waals surface area contributed by atoms with Gasteiger partial charge in [-0.3, -0.25) is 4.79 Å². The van der Waals surface area contributed by atoms with Crippen LogP contribution in [-0.4, -0.2) is 24.9 Å². The van der Waals surface area contributed by atoms with E-state index in [0.29, 0.717) is 22.1 Å². The van der Waals surface area contributed by atoms with Crippen molar-refractivity contribution in [2.45, 2.75) is 0 Å². The van der Waals surface area contributed by atoms with Crippen molar-refractivity contribution in [1.29, 1.82) is 0 Å². The molecule has 0 unspecified atom stereocenters. The van der Waals surface area contributed by atoms with E-state index in [1.165, 1.54) is 18.9 Å². The lowest BCUT2D eigenvalue weighted by atomic mass is 10.1. The summed E-state index contributed by atoms with van der Waals surface area (Å²) < 4.78 is 5.08. The fraction of sp³-hybridized carbons (Fsp3) is 0.300. The minimum atomic E-state index is 0.0611. The summed E-state index contributed by atoms with van der Waals surface area (Å²) in [5.41, 5.74) is 0.589. The third-order valence-corrected chi connectivity index (χ3v) is 2.53. The first-order valence-electron chi connectivity index (χ1n) is 4.04. The molecule has 0 saturated carbocycles. The molecule has 0 amide bonds. The molecule has 14 heavy (non-hydrogen) atoms. The van der Waals surface area contributed by atoms with E-state index in [-0.39, 0.29) is 5.78 Å². The van der Waals surface area contributed by atoms with E-state index in [0.717, 1.165) is 0 Å². The van der Waals surface area contributed by atoms with Crippen molar-refractivity contribution in [2.24, 2.45) is 0 Å². The SMILES string of the molecule is COc1cc(Cl)ccc1C(=O)CSC. The number of ether oxygens (including phenoxy) is 1. The molecule has 1 aromatic carbocycles. The monoisotopic (exact) mass is 230 g/mol. The molecule has 0 spiro atoms. The standard InChI is InChI=1S/C10H11ClO2S/c1-13-10-5-7(11)3-4-8(10)9(12)6-14-2/h3-5H,6H2,1-2H3. The van der Waals surface area contributed by atoms with Gasteiger partial charge < -0.3 is 4.74 Å². The van der Waals surface area contributed by atoms with Gasteiger partial charge in [0.05, 0.1) is 18.4 Å². The van der Waals surface area contributed by atoms with Crippen molar-refractivity contribution in [1.82, 2.24) is 0 Å². The average molecular weight is 231 g/mol. The molecular formula is C10H11ClO2S. The van der Waals surface area contributed by atoms with Crippen LogP contribution in [0.1, 0.15) is 10.4 Å². The van der Waals surface area contributed by atoms with Gasteiger partial charge in [0, 0.05) is 5.02 Å². The molecule has 2 nitrogen and oxygen atoms in total. The third kappa shape index (κ3) is 2.66. The summed E-state index contributed by atoms with van der Waals surface area (Å²) in [4.78, 5) is 11.6. The Morgan fingerprint density at radius 3 is 2.86 bits per heavy atom. The summed E-state index contributed by atoms with van der Waals surface area (Å²) >= 11 is 7.27. The van der Waals surface area contributed by atoms with Crippen molar-refractivity contribution < 1.29 is 9.53 Å². The number of hydrogen-bond donors (Lipinski definition) is 0. The van der Waals surface area contributed by atoms with Gasteiger partial charge in [0.1, 0.15) is 5.75 Å². The molecule has 1 aromatic rings. The highest BCUT2D eigenvalue weighted by atomic mass is 35.5. The van der Waals surface area contributed by atoms with E-state index in [4.69, 9.17) is 16.3 Å². The lowest BCUT2D eigenvalue weighted by molar-refractivity contribution is 0.102. The van der Waals surface area contributed by atoms with Crippen LogP contribution in [0.15, 0.2) is 18.2 Å². The number of benzene rings is 1. The van der Waals surface area contributed by atoms with E-state index < -0.39 is 0 Å². The second-order valence-electron chi connectivity index (χ2n) is 2.70. The molecule has 76 valence electrons. The molecule has 1 rings (SSSR count). The van der Waals surface area contributed by atoms with Crippen LogP contribution in [0.4, 0.5) is 0 Å². The van der Waals surface area contributed by atoms with Crippen LogP contribution in [0.5, 0.6) is 5.75 Å². The minimum absolute atomic E-state index is 0.0611. The van der Waals surface area contributed by atoms with Gasteiger partial charge in [0.25, 0.3) is 0 Å². The Labute approximate surface area is 92.6 Å². The zero-order valence-corrected chi connectivity index (χ0v) is 9.61. The number of methoxy groups -OCH3 is 1. The first kappa shape index (κ1) is 11.4. The van der Waals surface area contributed by atoms with Crippen molar-refractivity contribution in [2.75, 3.05) is 19.1 Å². The number of thioether (sulfide) groups is 1. The average Bonchev–Trinajstić information content (AvgIpc) is 2.17. The normalized spacial score (nSPS) is 9.93. The first-order valence-corrected chi connectivity index (χ1v) is 5.82. The molecule has 0 heterocycles. The molecule has 0 radical (unpaired) electrons. The summed E-state index contributed by atoms with van der Waals surface area (Å²) in [6, 6.07) is 5.03. The Bertz CT molecular complexity index is 339. The number of ketones is 1. The third-order valence-electron chi connectivity index (χ3n) is 1.74. The van der Waals surface area contributed by atoms with Crippen LogP contribution in [0.25, 0.3) is 0 Å². The van der Waals surface area contributed by atoms with E-state index in [1.54, 1.807) is 18.2 Å². The molecular weight excluding hydrogens is 220 g/mol. The summed E-state index contributed by atoms with van der Waals surface area (Å²) in [5.74, 6) is 1.06. The fourth-order valence-corrected chi connectivity index (χ4v) is 1.68. The van der Waals surface area contributed by atoms with Crippen LogP contribution < -0.4 is 4.74 Å². The second-order valence-corrected chi connectivity index (χ2v) is 4.00. The summed E-state index contributed by atoms with van der Waals surface area (Å²) in [6.45, 7) is 0. The van der Waals surface area contributed by atoms with Gasteiger partial charge >= 0.3 is 0 Å². The van der Waals surface area contributed by atoms with Crippen LogP contribution in [0.3, 0.4) is 0 Å². The molecule has 0 N–H and O–H groups in total. The second kappa shape index (κ2) is 5.27. The predicted octanol–water partition coefficient (Wildman–Crippen LogP) is 2.89. The fourth-order valence-electron chi connectivity index (χ4n) is 1.10. The zero-order chi connectivity index (χ0) is 10.6. The van der Waals surface area contributed by atoms with E-state index in [1.807, 2.05) is 6.26 Å². The highest BCUT2D eigenvalue weighted by Crippen LogP contribution is 2.24. The number of carbonyl (C=O) groups is 1. The van der Waals surface area contributed by atoms with Crippen LogP contribution in [-0.2, 0) is 0 Å². The maximum atomic E-state index is 11.6. The largest absolute Gasteiger partial charge is 0.496 e. The van der Waals surface area contributed by atoms with E-state index in [2.05, 4.69) is 0 Å². The van der Waals surface area contributed by atoms with Gasteiger partial charge in [-0.25, -0.2) is 0 Å². The van der Waals surface area contributed by atoms with Gasteiger partial charge in [-0.1, -0.05) is 11.6 Å².